The molecule has 3 atom stereocenters. The van der Waals surface area contributed by atoms with Gasteiger partial charge in [0.25, 0.3) is 0 Å². The van der Waals surface area contributed by atoms with Gasteiger partial charge in [-0.05, 0) is 31.4 Å². The highest BCUT2D eigenvalue weighted by molar-refractivity contribution is 5.72. The van der Waals surface area contributed by atoms with Gasteiger partial charge in [-0.15, -0.1) is 5.10 Å². The topological polar surface area (TPSA) is 153 Å². The van der Waals surface area contributed by atoms with Gasteiger partial charge in [0.1, 0.15) is 12.0 Å². The second-order valence-corrected chi connectivity index (χ2v) is 8.19. The zero-order chi connectivity index (χ0) is 22.9. The van der Waals surface area contributed by atoms with Crippen LogP contribution in [0.5, 0.6) is 0 Å². The Bertz CT molecular complexity index is 1270. The number of aliphatic hydroxyl groups is 2. The molecule has 3 heterocycles. The monoisotopic (exact) mass is 453 g/mol. The second-order valence-electron chi connectivity index (χ2n) is 8.19. The van der Waals surface area contributed by atoms with Crippen LogP contribution in [0.4, 0.5) is 10.3 Å². The van der Waals surface area contributed by atoms with Gasteiger partial charge in [-0.1, -0.05) is 5.21 Å². The predicted octanol–water partition coefficient (Wildman–Crippen LogP) is 1.06. The van der Waals surface area contributed by atoms with Crippen LogP contribution < -0.4 is 11.1 Å². The van der Waals surface area contributed by atoms with Crippen molar-refractivity contribution in [3.63, 3.8) is 0 Å². The van der Waals surface area contributed by atoms with Gasteiger partial charge >= 0.3 is 0 Å². The Balaban J connectivity index is 1.40. The first-order valence-corrected chi connectivity index (χ1v) is 10.7. The van der Waals surface area contributed by atoms with Crippen LogP contribution in [0.1, 0.15) is 19.3 Å². The van der Waals surface area contributed by atoms with Gasteiger partial charge in [-0.3, -0.25) is 4.68 Å². The first kappa shape index (κ1) is 21.4. The van der Waals surface area contributed by atoms with E-state index < -0.39 is 12.0 Å². The third-order valence-corrected chi connectivity index (χ3v) is 5.95. The van der Waals surface area contributed by atoms with Crippen molar-refractivity contribution in [3.05, 3.63) is 42.6 Å². The van der Waals surface area contributed by atoms with Gasteiger partial charge in [0.2, 0.25) is 5.95 Å². The molecule has 0 amide bonds. The summed E-state index contributed by atoms with van der Waals surface area (Å²) in [5.74, 6) is 0.0247. The maximum atomic E-state index is 15.0. The Hall–Kier alpha value is -3.48. The van der Waals surface area contributed by atoms with Crippen molar-refractivity contribution in [2.24, 2.45) is 11.7 Å². The molecule has 0 saturated heterocycles. The molecular formula is C21H24FN9O2. The van der Waals surface area contributed by atoms with Crippen molar-refractivity contribution in [1.29, 1.82) is 0 Å². The Morgan fingerprint density at radius 1 is 1.27 bits per heavy atom. The van der Waals surface area contributed by atoms with Crippen LogP contribution >= 0.6 is 0 Å². The predicted molar refractivity (Wildman–Crippen MR) is 118 cm³/mol. The third kappa shape index (κ3) is 4.27. The molecule has 3 aromatic heterocycles. The molecule has 12 heteroatoms. The number of halogens is 1. The molecule has 5 rings (SSSR count). The molecule has 33 heavy (non-hydrogen) atoms. The summed E-state index contributed by atoms with van der Waals surface area (Å²) in [7, 11) is 0. The molecule has 0 aliphatic heterocycles. The summed E-state index contributed by atoms with van der Waals surface area (Å²) in [5, 5.41) is 34.3. The molecule has 1 aliphatic rings. The zero-order valence-corrected chi connectivity index (χ0v) is 17.7. The fourth-order valence-electron chi connectivity index (χ4n) is 4.21. The average molecular weight is 453 g/mol. The summed E-state index contributed by atoms with van der Waals surface area (Å²) in [5.41, 5.74) is 8.01. The molecular weight excluding hydrogens is 429 g/mol. The van der Waals surface area contributed by atoms with E-state index in [1.807, 2.05) is 0 Å². The molecule has 1 aromatic carbocycles. The van der Waals surface area contributed by atoms with Crippen LogP contribution in [-0.2, 0) is 6.54 Å². The molecule has 1 unspecified atom stereocenters. The van der Waals surface area contributed by atoms with E-state index in [-0.39, 0.29) is 18.6 Å². The van der Waals surface area contributed by atoms with Crippen LogP contribution in [0.2, 0.25) is 0 Å². The SMILES string of the molecule is NC(O)[C@@H]1CC[C@@H](Nc2ncc3nnn(-c4ccc(-c5cnn(CCO)c5)c(F)c4)c3n2)C1. The lowest BCUT2D eigenvalue weighted by Gasteiger charge is -2.15. The lowest BCUT2D eigenvalue weighted by Crippen LogP contribution is -2.29. The third-order valence-electron chi connectivity index (χ3n) is 5.95. The van der Waals surface area contributed by atoms with Gasteiger partial charge in [0.15, 0.2) is 11.2 Å². The Labute approximate surface area is 188 Å². The minimum atomic E-state index is -0.826. The molecule has 1 saturated carbocycles. The minimum Gasteiger partial charge on any atom is -0.394 e. The van der Waals surface area contributed by atoms with Crippen molar-refractivity contribution in [2.75, 3.05) is 11.9 Å². The summed E-state index contributed by atoms with van der Waals surface area (Å²) in [6.45, 7) is 0.298. The highest BCUT2D eigenvalue weighted by Crippen LogP contribution is 2.29. The number of nitrogens with one attached hydrogen (secondary N) is 1. The van der Waals surface area contributed by atoms with Crippen LogP contribution in [0.15, 0.2) is 36.8 Å². The zero-order valence-electron chi connectivity index (χ0n) is 17.7. The van der Waals surface area contributed by atoms with Gasteiger partial charge in [-0.2, -0.15) is 14.8 Å². The summed E-state index contributed by atoms with van der Waals surface area (Å²) in [4.78, 5) is 8.84. The van der Waals surface area contributed by atoms with Gasteiger partial charge < -0.3 is 21.3 Å². The smallest absolute Gasteiger partial charge is 0.225 e. The van der Waals surface area contributed by atoms with Crippen LogP contribution in [-0.4, -0.2) is 63.8 Å². The second kappa shape index (κ2) is 8.81. The standard InChI is InChI=1S/C21H24FN9O2/c22-17-8-15(3-4-16(17)13-9-25-30(11-13)5-6-32)31-20-18(28-29-31)10-24-21(27-20)26-14-2-1-12(7-14)19(23)33/h3-4,8-12,14,19,32-33H,1-2,5-7,23H2,(H,24,26,27)/t12-,14-,19?/m1/s1. The normalized spacial score (nSPS) is 19.3. The van der Waals surface area contributed by atoms with Crippen molar-refractivity contribution < 1.29 is 14.6 Å². The Kier molecular flexibility index (Phi) is 5.70. The maximum Gasteiger partial charge on any atom is 0.225 e. The number of fused-ring (bicyclic) bond motifs is 1. The molecule has 0 spiro atoms. The summed E-state index contributed by atoms with van der Waals surface area (Å²) < 4.78 is 18.0. The Morgan fingerprint density at radius 2 is 2.15 bits per heavy atom. The fourth-order valence-corrected chi connectivity index (χ4v) is 4.21. The van der Waals surface area contributed by atoms with E-state index in [0.717, 1.165) is 19.3 Å². The molecule has 172 valence electrons. The number of anilines is 1. The number of aliphatic hydroxyl groups excluding tert-OH is 2. The quantitative estimate of drug-likeness (QED) is 0.301. The first-order valence-electron chi connectivity index (χ1n) is 10.7. The largest absolute Gasteiger partial charge is 0.394 e. The van der Waals surface area contributed by atoms with E-state index in [1.165, 1.54) is 10.7 Å². The van der Waals surface area contributed by atoms with Crippen molar-refractivity contribution in [3.8, 4) is 16.8 Å². The summed E-state index contributed by atoms with van der Waals surface area (Å²) >= 11 is 0. The maximum absolute atomic E-state index is 15.0. The number of nitrogens with zero attached hydrogens (tertiary/aromatic N) is 7. The lowest BCUT2D eigenvalue weighted by molar-refractivity contribution is 0.117. The van der Waals surface area contributed by atoms with Crippen molar-refractivity contribution in [2.45, 2.75) is 38.1 Å². The lowest BCUT2D eigenvalue weighted by atomic mass is 10.1. The first-order chi connectivity index (χ1) is 16.0. The molecule has 1 aliphatic carbocycles. The minimum absolute atomic E-state index is 0.0447. The van der Waals surface area contributed by atoms with Crippen LogP contribution in [0.25, 0.3) is 28.0 Å². The van der Waals surface area contributed by atoms with E-state index in [9.17, 15) is 9.50 Å². The van der Waals surface area contributed by atoms with Gasteiger partial charge in [0, 0.05) is 35.3 Å². The van der Waals surface area contributed by atoms with E-state index in [4.69, 9.17) is 10.8 Å². The molecule has 4 aromatic rings. The average Bonchev–Trinajstić information content (AvgIpc) is 3.54. The van der Waals surface area contributed by atoms with Crippen molar-refractivity contribution in [1.82, 2.24) is 34.7 Å². The van der Waals surface area contributed by atoms with Gasteiger partial charge in [0.05, 0.1) is 31.2 Å². The molecule has 1 fully saturated rings. The number of aromatic nitrogens is 7. The number of rotatable bonds is 7. The molecule has 5 N–H and O–H groups in total. The molecule has 0 bridgehead atoms. The number of hydrogen-bond donors (Lipinski definition) is 4. The van der Waals surface area contributed by atoms with Crippen LogP contribution in [0.3, 0.4) is 0 Å². The summed E-state index contributed by atoms with van der Waals surface area (Å²) in [6, 6.07) is 4.86. The number of nitrogens with two attached hydrogens (primary N) is 1. The number of hydrogen-bond acceptors (Lipinski definition) is 9. The van der Waals surface area contributed by atoms with Gasteiger partial charge in [-0.25, -0.2) is 9.37 Å². The Morgan fingerprint density at radius 3 is 2.91 bits per heavy atom. The summed E-state index contributed by atoms with van der Waals surface area (Å²) in [6.07, 6.45) is 6.41. The van der Waals surface area contributed by atoms with E-state index in [1.54, 1.807) is 35.4 Å². The van der Waals surface area contributed by atoms with E-state index in [2.05, 4.69) is 30.7 Å². The van der Waals surface area contributed by atoms with E-state index >= 15 is 0 Å². The highest BCUT2D eigenvalue weighted by Gasteiger charge is 2.28. The molecule has 0 radical (unpaired) electrons. The fraction of sp³-hybridized carbons (Fsp3) is 0.381. The number of benzene rings is 1. The molecule has 11 nitrogen and oxygen atoms in total. The highest BCUT2D eigenvalue weighted by atomic mass is 19.1. The van der Waals surface area contributed by atoms with Crippen molar-refractivity contribution >= 4 is 17.1 Å². The van der Waals surface area contributed by atoms with E-state index in [0.29, 0.717) is 40.5 Å². The van der Waals surface area contributed by atoms with Crippen LogP contribution in [0, 0.1) is 11.7 Å².